The number of rotatable bonds is 10. The van der Waals surface area contributed by atoms with Crippen LogP contribution in [-0.4, -0.2) is 47.5 Å². The van der Waals surface area contributed by atoms with Gasteiger partial charge in [0.25, 0.3) is 0 Å². The summed E-state index contributed by atoms with van der Waals surface area (Å²) in [7, 11) is 0. The van der Waals surface area contributed by atoms with E-state index < -0.39 is 6.04 Å². The lowest BCUT2D eigenvalue weighted by atomic mass is 9.81. The SMILES string of the molecule is CC(=O)C(N)CCCCNC(=O)C1CCC(CN2C(=O)CC(C(C)C)C2=O)CC1. The minimum atomic E-state index is -0.397. The van der Waals surface area contributed by atoms with E-state index in [4.69, 9.17) is 5.73 Å². The Morgan fingerprint density at radius 1 is 1.14 bits per heavy atom. The van der Waals surface area contributed by atoms with E-state index >= 15 is 0 Å². The molecule has 7 heteroatoms. The number of carbonyl (C=O) groups is 4. The molecule has 29 heavy (non-hydrogen) atoms. The highest BCUT2D eigenvalue weighted by molar-refractivity contribution is 6.03. The summed E-state index contributed by atoms with van der Waals surface area (Å²) in [5.74, 6) is 0.358. The summed E-state index contributed by atoms with van der Waals surface area (Å²) in [6, 6.07) is -0.397. The molecule has 0 aromatic heterocycles. The Morgan fingerprint density at radius 3 is 2.34 bits per heavy atom. The maximum atomic E-state index is 12.5. The van der Waals surface area contributed by atoms with Crippen LogP contribution >= 0.6 is 0 Å². The molecule has 2 atom stereocenters. The van der Waals surface area contributed by atoms with Gasteiger partial charge in [-0.15, -0.1) is 0 Å². The fourth-order valence-electron chi connectivity index (χ4n) is 4.34. The highest BCUT2D eigenvalue weighted by Gasteiger charge is 2.41. The number of carbonyl (C=O) groups excluding carboxylic acids is 4. The second-order valence-corrected chi connectivity index (χ2v) is 9.12. The fourth-order valence-corrected chi connectivity index (χ4v) is 4.34. The quantitative estimate of drug-likeness (QED) is 0.425. The second kappa shape index (κ2) is 10.9. The first-order chi connectivity index (χ1) is 13.7. The lowest BCUT2D eigenvalue weighted by Gasteiger charge is -2.30. The normalized spacial score (nSPS) is 26.1. The number of hydrogen-bond acceptors (Lipinski definition) is 5. The van der Waals surface area contributed by atoms with Crippen LogP contribution in [0.5, 0.6) is 0 Å². The molecule has 3 amide bonds. The van der Waals surface area contributed by atoms with E-state index in [1.807, 2.05) is 13.8 Å². The van der Waals surface area contributed by atoms with Gasteiger partial charge in [-0.25, -0.2) is 0 Å². The summed E-state index contributed by atoms with van der Waals surface area (Å²) in [6.07, 6.45) is 5.98. The molecule has 3 N–H and O–H groups in total. The number of ketones is 1. The molecule has 7 nitrogen and oxygen atoms in total. The number of likely N-dealkylation sites (tertiary alicyclic amines) is 1. The Bertz CT molecular complexity index is 611. The standard InChI is InChI=1S/C22H37N3O4/c1-14(2)18-12-20(27)25(22(18)29)13-16-7-9-17(10-8-16)21(28)24-11-5-4-6-19(23)15(3)26/h14,16-19H,4-13,23H2,1-3H3,(H,24,28). The van der Waals surface area contributed by atoms with E-state index in [9.17, 15) is 19.2 Å². The van der Waals surface area contributed by atoms with Crippen molar-refractivity contribution in [3.05, 3.63) is 0 Å². The highest BCUT2D eigenvalue weighted by atomic mass is 16.2. The van der Waals surface area contributed by atoms with Crippen molar-refractivity contribution in [2.45, 2.75) is 78.2 Å². The largest absolute Gasteiger partial charge is 0.356 e. The van der Waals surface area contributed by atoms with Gasteiger partial charge in [0.2, 0.25) is 17.7 Å². The van der Waals surface area contributed by atoms with Crippen LogP contribution in [0.15, 0.2) is 0 Å². The van der Waals surface area contributed by atoms with Crippen LogP contribution in [0.4, 0.5) is 0 Å². The molecule has 1 saturated carbocycles. The van der Waals surface area contributed by atoms with Crippen molar-refractivity contribution in [1.29, 1.82) is 0 Å². The third kappa shape index (κ3) is 6.63. The number of Topliss-reactive ketones (excluding diaryl/α,β-unsaturated/α-hetero) is 1. The minimum Gasteiger partial charge on any atom is -0.356 e. The third-order valence-electron chi connectivity index (χ3n) is 6.51. The monoisotopic (exact) mass is 407 g/mol. The van der Waals surface area contributed by atoms with Gasteiger partial charge in [-0.2, -0.15) is 0 Å². The lowest BCUT2D eigenvalue weighted by Crippen LogP contribution is -2.39. The van der Waals surface area contributed by atoms with Gasteiger partial charge in [0, 0.05) is 31.3 Å². The molecule has 1 saturated heterocycles. The van der Waals surface area contributed by atoms with Gasteiger partial charge in [0.1, 0.15) is 5.78 Å². The summed E-state index contributed by atoms with van der Waals surface area (Å²) < 4.78 is 0. The zero-order valence-corrected chi connectivity index (χ0v) is 18.1. The molecule has 1 aliphatic carbocycles. The van der Waals surface area contributed by atoms with E-state index in [1.165, 1.54) is 11.8 Å². The molecule has 2 rings (SSSR count). The Morgan fingerprint density at radius 2 is 1.79 bits per heavy atom. The number of nitrogens with two attached hydrogens (primary N) is 1. The number of nitrogens with zero attached hydrogens (tertiary/aromatic N) is 1. The van der Waals surface area contributed by atoms with Crippen molar-refractivity contribution in [3.63, 3.8) is 0 Å². The predicted molar refractivity (Wildman–Crippen MR) is 111 cm³/mol. The van der Waals surface area contributed by atoms with Crippen LogP contribution in [0.25, 0.3) is 0 Å². The molecule has 2 unspecified atom stereocenters. The van der Waals surface area contributed by atoms with Crippen molar-refractivity contribution in [3.8, 4) is 0 Å². The zero-order chi connectivity index (χ0) is 21.6. The van der Waals surface area contributed by atoms with Crippen molar-refractivity contribution < 1.29 is 19.2 Å². The lowest BCUT2D eigenvalue weighted by molar-refractivity contribution is -0.141. The number of imide groups is 1. The topological polar surface area (TPSA) is 110 Å². The van der Waals surface area contributed by atoms with Gasteiger partial charge < -0.3 is 11.1 Å². The summed E-state index contributed by atoms with van der Waals surface area (Å²) in [4.78, 5) is 49.6. The first-order valence-corrected chi connectivity index (χ1v) is 11.1. The molecule has 1 heterocycles. The summed E-state index contributed by atoms with van der Waals surface area (Å²) >= 11 is 0. The maximum absolute atomic E-state index is 12.5. The Labute approximate surface area is 174 Å². The second-order valence-electron chi connectivity index (χ2n) is 9.12. The molecular formula is C22H37N3O4. The van der Waals surface area contributed by atoms with Gasteiger partial charge in [-0.1, -0.05) is 13.8 Å². The van der Waals surface area contributed by atoms with E-state index in [0.29, 0.717) is 31.8 Å². The van der Waals surface area contributed by atoms with Crippen molar-refractivity contribution in [2.75, 3.05) is 13.1 Å². The number of unbranched alkanes of at least 4 members (excludes halogenated alkanes) is 1. The van der Waals surface area contributed by atoms with Crippen LogP contribution in [0.3, 0.4) is 0 Å². The minimum absolute atomic E-state index is 0.00264. The average molecular weight is 408 g/mol. The molecule has 1 aliphatic heterocycles. The zero-order valence-electron chi connectivity index (χ0n) is 18.1. The highest BCUT2D eigenvalue weighted by Crippen LogP contribution is 2.32. The third-order valence-corrected chi connectivity index (χ3v) is 6.51. The Balaban J connectivity index is 1.66. The van der Waals surface area contributed by atoms with E-state index in [-0.39, 0.29) is 41.3 Å². The average Bonchev–Trinajstić information content (AvgIpc) is 2.96. The van der Waals surface area contributed by atoms with E-state index in [0.717, 1.165) is 38.5 Å². The number of amides is 3. The molecule has 0 aromatic carbocycles. The Kier molecular flexibility index (Phi) is 8.80. The summed E-state index contributed by atoms with van der Waals surface area (Å²) in [5, 5.41) is 2.99. The molecule has 0 bridgehead atoms. The summed E-state index contributed by atoms with van der Waals surface area (Å²) in [6.45, 7) is 6.59. The van der Waals surface area contributed by atoms with E-state index in [2.05, 4.69) is 5.32 Å². The predicted octanol–water partition coefficient (Wildman–Crippen LogP) is 2.03. The smallest absolute Gasteiger partial charge is 0.233 e. The number of hydrogen-bond donors (Lipinski definition) is 2. The Hall–Kier alpha value is -1.76. The molecule has 2 fully saturated rings. The molecular weight excluding hydrogens is 370 g/mol. The summed E-state index contributed by atoms with van der Waals surface area (Å²) in [5.41, 5.74) is 5.70. The molecule has 164 valence electrons. The van der Waals surface area contributed by atoms with Crippen LogP contribution in [0, 0.1) is 23.7 Å². The molecule has 0 aromatic rings. The van der Waals surface area contributed by atoms with Gasteiger partial charge in [0.15, 0.2) is 0 Å². The van der Waals surface area contributed by atoms with Crippen molar-refractivity contribution in [1.82, 2.24) is 10.2 Å². The van der Waals surface area contributed by atoms with Crippen LogP contribution in [-0.2, 0) is 19.2 Å². The van der Waals surface area contributed by atoms with Gasteiger partial charge in [0.05, 0.1) is 6.04 Å². The van der Waals surface area contributed by atoms with Crippen molar-refractivity contribution in [2.24, 2.45) is 29.4 Å². The maximum Gasteiger partial charge on any atom is 0.233 e. The van der Waals surface area contributed by atoms with Crippen molar-refractivity contribution >= 4 is 23.5 Å². The molecule has 0 spiro atoms. The fraction of sp³-hybridized carbons (Fsp3) is 0.818. The van der Waals surface area contributed by atoms with E-state index in [1.54, 1.807) is 0 Å². The number of nitrogens with one attached hydrogen (secondary N) is 1. The van der Waals surface area contributed by atoms with Crippen LogP contribution < -0.4 is 11.1 Å². The van der Waals surface area contributed by atoms with Gasteiger partial charge >= 0.3 is 0 Å². The van der Waals surface area contributed by atoms with Crippen LogP contribution in [0.1, 0.15) is 72.1 Å². The molecule has 2 aliphatic rings. The first kappa shape index (κ1) is 23.5. The van der Waals surface area contributed by atoms with Gasteiger partial charge in [-0.05, 0) is 63.7 Å². The first-order valence-electron chi connectivity index (χ1n) is 11.1. The van der Waals surface area contributed by atoms with Crippen LogP contribution in [0.2, 0.25) is 0 Å². The van der Waals surface area contributed by atoms with Gasteiger partial charge in [-0.3, -0.25) is 24.1 Å². The molecule has 0 radical (unpaired) electrons.